The van der Waals surface area contributed by atoms with Crippen molar-refractivity contribution in [3.63, 3.8) is 0 Å². The molecule has 21 heavy (non-hydrogen) atoms. The van der Waals surface area contributed by atoms with Crippen LogP contribution in [0.5, 0.6) is 0 Å². The standard InChI is InChI=1S/C11H12ClF3N2O2S2/c1-17(5-4-11(13,14)15)21(18,19)9-3-2-7(10(16)20)6-8(9)12/h2-3,6H,4-5H2,1H3,(H2,16,20). The molecule has 0 saturated carbocycles. The zero-order valence-corrected chi connectivity index (χ0v) is 13.2. The normalized spacial score (nSPS) is 12.7. The van der Waals surface area contributed by atoms with Gasteiger partial charge in [0.25, 0.3) is 0 Å². The minimum Gasteiger partial charge on any atom is -0.389 e. The van der Waals surface area contributed by atoms with Gasteiger partial charge in [-0.15, -0.1) is 0 Å². The van der Waals surface area contributed by atoms with Gasteiger partial charge in [0, 0.05) is 19.2 Å². The lowest BCUT2D eigenvalue weighted by molar-refractivity contribution is -0.135. The molecule has 0 aliphatic rings. The summed E-state index contributed by atoms with van der Waals surface area (Å²) < 4.78 is 61.4. The molecule has 2 N–H and O–H groups in total. The highest BCUT2D eigenvalue weighted by Gasteiger charge is 2.31. The van der Waals surface area contributed by atoms with Crippen LogP contribution in [0.2, 0.25) is 5.02 Å². The summed E-state index contributed by atoms with van der Waals surface area (Å²) in [5.74, 6) is 0. The highest BCUT2D eigenvalue weighted by molar-refractivity contribution is 7.89. The summed E-state index contributed by atoms with van der Waals surface area (Å²) in [6.07, 6.45) is -5.69. The zero-order chi connectivity index (χ0) is 16.4. The molecule has 0 fully saturated rings. The van der Waals surface area contributed by atoms with Crippen LogP contribution in [-0.4, -0.2) is 37.5 Å². The first kappa shape index (κ1) is 18.1. The van der Waals surface area contributed by atoms with Crippen molar-refractivity contribution in [1.29, 1.82) is 0 Å². The van der Waals surface area contributed by atoms with E-state index in [1.807, 2.05) is 0 Å². The lowest BCUT2D eigenvalue weighted by Gasteiger charge is -2.19. The molecule has 1 rings (SSSR count). The molecule has 118 valence electrons. The van der Waals surface area contributed by atoms with Gasteiger partial charge in [-0.3, -0.25) is 0 Å². The van der Waals surface area contributed by atoms with Gasteiger partial charge >= 0.3 is 6.18 Å². The van der Waals surface area contributed by atoms with Crippen LogP contribution in [-0.2, 0) is 10.0 Å². The molecular formula is C11H12ClF3N2O2S2. The van der Waals surface area contributed by atoms with Crippen LogP contribution < -0.4 is 5.73 Å². The highest BCUT2D eigenvalue weighted by Crippen LogP contribution is 2.27. The fourth-order valence-electron chi connectivity index (χ4n) is 1.44. The summed E-state index contributed by atoms with van der Waals surface area (Å²) in [5, 5.41) is -0.154. The maximum Gasteiger partial charge on any atom is 0.390 e. The number of hydrogen-bond donors (Lipinski definition) is 1. The van der Waals surface area contributed by atoms with Crippen LogP contribution >= 0.6 is 23.8 Å². The van der Waals surface area contributed by atoms with E-state index in [9.17, 15) is 21.6 Å². The van der Waals surface area contributed by atoms with Gasteiger partial charge < -0.3 is 5.73 Å². The Morgan fingerprint density at radius 1 is 1.43 bits per heavy atom. The van der Waals surface area contributed by atoms with Gasteiger partial charge in [-0.2, -0.15) is 13.2 Å². The third-order valence-electron chi connectivity index (χ3n) is 2.61. The summed E-state index contributed by atoms with van der Waals surface area (Å²) >= 11 is 10.6. The summed E-state index contributed by atoms with van der Waals surface area (Å²) in [6, 6.07) is 3.77. The Balaban J connectivity index is 3.05. The smallest absolute Gasteiger partial charge is 0.389 e. The number of thiocarbonyl (C=S) groups is 1. The number of nitrogens with zero attached hydrogens (tertiary/aromatic N) is 1. The van der Waals surface area contributed by atoms with Crippen molar-refractivity contribution in [3.8, 4) is 0 Å². The molecule has 0 atom stereocenters. The van der Waals surface area contributed by atoms with Crippen molar-refractivity contribution in [1.82, 2.24) is 4.31 Å². The number of benzene rings is 1. The van der Waals surface area contributed by atoms with Crippen molar-refractivity contribution >= 4 is 38.8 Å². The largest absolute Gasteiger partial charge is 0.390 e. The van der Waals surface area contributed by atoms with Crippen molar-refractivity contribution in [2.75, 3.05) is 13.6 Å². The second-order valence-electron chi connectivity index (χ2n) is 4.20. The Kier molecular flexibility index (Phi) is 5.59. The highest BCUT2D eigenvalue weighted by atomic mass is 35.5. The number of nitrogens with two attached hydrogens (primary N) is 1. The van der Waals surface area contributed by atoms with Crippen molar-refractivity contribution < 1.29 is 21.6 Å². The molecule has 4 nitrogen and oxygen atoms in total. The monoisotopic (exact) mass is 360 g/mol. The average molecular weight is 361 g/mol. The van der Waals surface area contributed by atoms with E-state index in [1.165, 1.54) is 12.1 Å². The SMILES string of the molecule is CN(CCC(F)(F)F)S(=O)(=O)c1ccc(C(N)=S)cc1Cl. The van der Waals surface area contributed by atoms with E-state index < -0.39 is 29.2 Å². The Morgan fingerprint density at radius 2 is 2.00 bits per heavy atom. The van der Waals surface area contributed by atoms with E-state index in [2.05, 4.69) is 0 Å². The summed E-state index contributed by atoms with van der Waals surface area (Å²) in [6.45, 7) is -0.695. The molecule has 0 spiro atoms. The van der Waals surface area contributed by atoms with Crippen LogP contribution in [0.25, 0.3) is 0 Å². The molecular weight excluding hydrogens is 349 g/mol. The molecule has 1 aromatic carbocycles. The third-order valence-corrected chi connectivity index (χ3v) is 5.19. The minimum atomic E-state index is -4.44. The molecule has 0 amide bonds. The number of rotatable bonds is 5. The summed E-state index contributed by atoms with van der Waals surface area (Å²) in [4.78, 5) is -0.264. The maximum atomic E-state index is 12.2. The lowest BCUT2D eigenvalue weighted by Crippen LogP contribution is -2.31. The second-order valence-corrected chi connectivity index (χ2v) is 7.06. The van der Waals surface area contributed by atoms with Crippen LogP contribution in [0, 0.1) is 0 Å². The predicted octanol–water partition coefficient (Wildman–Crippen LogP) is 2.55. The van der Waals surface area contributed by atoms with Gasteiger partial charge in [0.15, 0.2) is 0 Å². The molecule has 0 unspecified atom stereocenters. The first-order chi connectivity index (χ1) is 9.45. The number of sulfonamides is 1. The Bertz CT molecular complexity index is 647. The number of alkyl halides is 3. The van der Waals surface area contributed by atoms with Gasteiger partial charge in [-0.1, -0.05) is 29.9 Å². The topological polar surface area (TPSA) is 63.4 Å². The molecule has 0 aliphatic heterocycles. The fourth-order valence-corrected chi connectivity index (χ4v) is 3.25. The first-order valence-electron chi connectivity index (χ1n) is 5.57. The van der Waals surface area contributed by atoms with E-state index in [0.29, 0.717) is 9.87 Å². The lowest BCUT2D eigenvalue weighted by atomic mass is 10.2. The fraction of sp³-hybridized carbons (Fsp3) is 0.364. The van der Waals surface area contributed by atoms with E-state index in [-0.39, 0.29) is 14.9 Å². The Hall–Kier alpha value is -0.900. The quantitative estimate of drug-likeness (QED) is 0.820. The van der Waals surface area contributed by atoms with Crippen LogP contribution in [0.1, 0.15) is 12.0 Å². The van der Waals surface area contributed by atoms with Crippen LogP contribution in [0.4, 0.5) is 13.2 Å². The summed E-state index contributed by atoms with van der Waals surface area (Å²) in [5.41, 5.74) is 5.75. The average Bonchev–Trinajstić information content (AvgIpc) is 2.34. The Labute approximate surface area is 130 Å². The zero-order valence-electron chi connectivity index (χ0n) is 10.8. The maximum absolute atomic E-state index is 12.2. The second kappa shape index (κ2) is 6.47. The van der Waals surface area contributed by atoms with Crippen LogP contribution in [0.3, 0.4) is 0 Å². The van der Waals surface area contributed by atoms with E-state index in [1.54, 1.807) is 0 Å². The van der Waals surface area contributed by atoms with Gasteiger partial charge in [0.05, 0.1) is 11.4 Å². The third kappa shape index (κ3) is 4.80. The van der Waals surface area contributed by atoms with Gasteiger partial charge in [-0.25, -0.2) is 12.7 Å². The minimum absolute atomic E-state index is 0.0336. The molecule has 0 heterocycles. The molecule has 0 aliphatic carbocycles. The molecule has 10 heteroatoms. The molecule has 0 bridgehead atoms. The molecule has 1 aromatic rings. The van der Waals surface area contributed by atoms with Crippen LogP contribution in [0.15, 0.2) is 23.1 Å². The van der Waals surface area contributed by atoms with E-state index >= 15 is 0 Å². The van der Waals surface area contributed by atoms with E-state index in [4.69, 9.17) is 29.6 Å². The number of hydrogen-bond acceptors (Lipinski definition) is 3. The number of halogens is 4. The molecule has 0 aromatic heterocycles. The van der Waals surface area contributed by atoms with Crippen molar-refractivity contribution in [2.45, 2.75) is 17.5 Å². The van der Waals surface area contributed by atoms with Crippen molar-refractivity contribution in [2.24, 2.45) is 5.73 Å². The summed E-state index contributed by atoms with van der Waals surface area (Å²) in [7, 11) is -3.06. The predicted molar refractivity (Wildman–Crippen MR) is 77.8 cm³/mol. The van der Waals surface area contributed by atoms with Gasteiger partial charge in [-0.05, 0) is 12.1 Å². The molecule has 0 radical (unpaired) electrons. The van der Waals surface area contributed by atoms with Crippen molar-refractivity contribution in [3.05, 3.63) is 28.8 Å². The molecule has 0 saturated heterocycles. The van der Waals surface area contributed by atoms with Gasteiger partial charge in [0.1, 0.15) is 9.88 Å². The Morgan fingerprint density at radius 3 is 2.43 bits per heavy atom. The first-order valence-corrected chi connectivity index (χ1v) is 7.80. The van der Waals surface area contributed by atoms with Gasteiger partial charge in [0.2, 0.25) is 10.0 Å². The van der Waals surface area contributed by atoms with E-state index in [0.717, 1.165) is 13.1 Å².